The maximum absolute atomic E-state index is 13.5. The Balaban J connectivity index is 2.22. The fourth-order valence-electron chi connectivity index (χ4n) is 1.88. The van der Waals surface area contributed by atoms with Gasteiger partial charge in [-0.05, 0) is 32.1 Å². The van der Waals surface area contributed by atoms with Crippen molar-refractivity contribution in [2.24, 2.45) is 0 Å². The molecule has 0 bridgehead atoms. The van der Waals surface area contributed by atoms with Gasteiger partial charge < -0.3 is 9.84 Å². The molecule has 0 saturated carbocycles. The van der Waals surface area contributed by atoms with E-state index in [1.165, 1.54) is 25.1 Å². The molecule has 116 valence electrons. The second kappa shape index (κ2) is 6.05. The molecular formula is C15H15F2N3O2. The van der Waals surface area contributed by atoms with Crippen molar-refractivity contribution in [2.45, 2.75) is 26.3 Å². The van der Waals surface area contributed by atoms with Crippen molar-refractivity contribution in [3.05, 3.63) is 47.1 Å². The highest BCUT2D eigenvalue weighted by molar-refractivity contribution is 5.73. The van der Waals surface area contributed by atoms with Crippen LogP contribution in [0.25, 0.3) is 12.2 Å². The lowest BCUT2D eigenvalue weighted by atomic mass is 10.1. The van der Waals surface area contributed by atoms with E-state index in [1.54, 1.807) is 13.8 Å². The van der Waals surface area contributed by atoms with E-state index in [2.05, 4.69) is 15.5 Å². The normalized spacial score (nSPS) is 11.9. The molecule has 1 heterocycles. The van der Waals surface area contributed by atoms with Crippen LogP contribution >= 0.6 is 0 Å². The molecule has 1 aromatic heterocycles. The van der Waals surface area contributed by atoms with Gasteiger partial charge in [-0.3, -0.25) is 4.79 Å². The molecule has 0 unspecified atom stereocenters. The first-order valence-electron chi connectivity index (χ1n) is 6.54. The quantitative estimate of drug-likeness (QED) is 0.943. The molecule has 7 heteroatoms. The van der Waals surface area contributed by atoms with Crippen LogP contribution in [0.15, 0.2) is 22.7 Å². The number of amides is 1. The maximum atomic E-state index is 13.5. The Bertz CT molecular complexity index is 703. The van der Waals surface area contributed by atoms with Crippen LogP contribution in [0.4, 0.5) is 8.78 Å². The molecule has 5 nitrogen and oxygen atoms in total. The third kappa shape index (κ3) is 3.55. The molecule has 2 rings (SSSR count). The Hall–Kier alpha value is -2.57. The van der Waals surface area contributed by atoms with Gasteiger partial charge in [0.2, 0.25) is 5.91 Å². The summed E-state index contributed by atoms with van der Waals surface area (Å²) in [6.07, 6.45) is 2.52. The molecule has 0 aliphatic heterocycles. The Labute approximate surface area is 126 Å². The van der Waals surface area contributed by atoms with Crippen LogP contribution in [0.2, 0.25) is 0 Å². The summed E-state index contributed by atoms with van der Waals surface area (Å²) < 4.78 is 32.0. The van der Waals surface area contributed by atoms with Gasteiger partial charge in [-0.15, -0.1) is 0 Å². The van der Waals surface area contributed by atoms with Crippen molar-refractivity contribution in [3.8, 4) is 0 Å². The van der Waals surface area contributed by atoms with E-state index < -0.39 is 17.2 Å². The van der Waals surface area contributed by atoms with E-state index >= 15 is 0 Å². The number of carbonyl (C=O) groups is 1. The third-order valence-electron chi connectivity index (χ3n) is 2.88. The molecule has 1 aromatic carbocycles. The summed E-state index contributed by atoms with van der Waals surface area (Å²) in [5, 5.41) is 6.43. The van der Waals surface area contributed by atoms with Gasteiger partial charge in [0.25, 0.3) is 5.89 Å². The first kappa shape index (κ1) is 15.8. The standard InChI is InChI=1S/C15H15F2N3O2/c1-9(21)19-15(2,3)14-18-13(22-20-14)8-7-10-11(16)5-4-6-12(10)17/h4-8H,1-3H3,(H,19,21)/b8-7+. The molecule has 0 aliphatic carbocycles. The molecule has 0 atom stereocenters. The van der Waals surface area contributed by atoms with Crippen LogP contribution in [0.1, 0.15) is 38.0 Å². The Morgan fingerprint density at radius 1 is 1.27 bits per heavy atom. The second-order valence-electron chi connectivity index (χ2n) is 5.23. The number of nitrogens with zero attached hydrogens (tertiary/aromatic N) is 2. The van der Waals surface area contributed by atoms with Gasteiger partial charge in [0.05, 0.1) is 5.54 Å². The number of nitrogens with one attached hydrogen (secondary N) is 1. The smallest absolute Gasteiger partial charge is 0.250 e. The largest absolute Gasteiger partial charge is 0.344 e. The van der Waals surface area contributed by atoms with Crippen LogP contribution in [0.5, 0.6) is 0 Å². The van der Waals surface area contributed by atoms with E-state index in [-0.39, 0.29) is 23.2 Å². The number of halogens is 2. The molecule has 22 heavy (non-hydrogen) atoms. The summed E-state index contributed by atoms with van der Waals surface area (Å²) in [5.41, 5.74) is -1.01. The van der Waals surface area contributed by atoms with Gasteiger partial charge >= 0.3 is 0 Å². The SMILES string of the molecule is CC(=O)NC(C)(C)c1noc(/C=C/c2c(F)cccc2F)n1. The molecule has 0 fully saturated rings. The number of hydrogen-bond acceptors (Lipinski definition) is 4. The van der Waals surface area contributed by atoms with Gasteiger partial charge in [-0.25, -0.2) is 8.78 Å². The van der Waals surface area contributed by atoms with Crippen molar-refractivity contribution in [2.75, 3.05) is 0 Å². The van der Waals surface area contributed by atoms with E-state index in [0.717, 1.165) is 12.1 Å². The van der Waals surface area contributed by atoms with Crippen LogP contribution in [0.3, 0.4) is 0 Å². The Morgan fingerprint density at radius 3 is 2.50 bits per heavy atom. The zero-order valence-electron chi connectivity index (χ0n) is 12.4. The van der Waals surface area contributed by atoms with Crippen LogP contribution in [0, 0.1) is 11.6 Å². The van der Waals surface area contributed by atoms with E-state index in [4.69, 9.17) is 4.52 Å². The summed E-state index contributed by atoms with van der Waals surface area (Å²) in [7, 11) is 0. The fraction of sp³-hybridized carbons (Fsp3) is 0.267. The van der Waals surface area contributed by atoms with Crippen molar-refractivity contribution in [3.63, 3.8) is 0 Å². The number of aromatic nitrogens is 2. The minimum absolute atomic E-state index is 0.0797. The zero-order chi connectivity index (χ0) is 16.3. The molecule has 0 saturated heterocycles. The van der Waals surface area contributed by atoms with E-state index in [0.29, 0.717) is 0 Å². The lowest BCUT2D eigenvalue weighted by Gasteiger charge is -2.20. The number of rotatable bonds is 4. The predicted molar refractivity (Wildman–Crippen MR) is 76.4 cm³/mol. The molecule has 0 radical (unpaired) electrons. The minimum atomic E-state index is -0.815. The Kier molecular flexibility index (Phi) is 4.35. The predicted octanol–water partition coefficient (Wildman–Crippen LogP) is 2.89. The average molecular weight is 307 g/mol. The van der Waals surface area contributed by atoms with Crippen molar-refractivity contribution < 1.29 is 18.1 Å². The van der Waals surface area contributed by atoms with Crippen molar-refractivity contribution >= 4 is 18.1 Å². The van der Waals surface area contributed by atoms with E-state index in [9.17, 15) is 13.6 Å². The molecular weight excluding hydrogens is 292 g/mol. The van der Waals surface area contributed by atoms with Gasteiger partial charge in [-0.1, -0.05) is 11.2 Å². The monoisotopic (exact) mass is 307 g/mol. The average Bonchev–Trinajstić information content (AvgIpc) is 2.86. The number of benzene rings is 1. The van der Waals surface area contributed by atoms with Crippen molar-refractivity contribution in [1.29, 1.82) is 0 Å². The lowest BCUT2D eigenvalue weighted by Crippen LogP contribution is -2.40. The second-order valence-corrected chi connectivity index (χ2v) is 5.23. The number of carbonyl (C=O) groups excluding carboxylic acids is 1. The van der Waals surface area contributed by atoms with Gasteiger partial charge in [0.1, 0.15) is 11.6 Å². The highest BCUT2D eigenvalue weighted by atomic mass is 19.1. The van der Waals surface area contributed by atoms with Gasteiger partial charge in [0, 0.05) is 18.6 Å². The van der Waals surface area contributed by atoms with Crippen molar-refractivity contribution in [1.82, 2.24) is 15.5 Å². The Morgan fingerprint density at radius 2 is 1.91 bits per heavy atom. The third-order valence-corrected chi connectivity index (χ3v) is 2.88. The lowest BCUT2D eigenvalue weighted by molar-refractivity contribution is -0.120. The van der Waals surface area contributed by atoms with Crippen LogP contribution < -0.4 is 5.32 Å². The van der Waals surface area contributed by atoms with Crippen LogP contribution in [-0.2, 0) is 10.3 Å². The summed E-state index contributed by atoms with van der Waals surface area (Å²) in [5.74, 6) is -1.27. The molecule has 1 N–H and O–H groups in total. The summed E-state index contributed by atoms with van der Waals surface area (Å²) in [4.78, 5) is 15.2. The summed E-state index contributed by atoms with van der Waals surface area (Å²) in [6.45, 7) is 4.80. The minimum Gasteiger partial charge on any atom is -0.344 e. The van der Waals surface area contributed by atoms with Crippen LogP contribution in [-0.4, -0.2) is 16.0 Å². The zero-order valence-corrected chi connectivity index (χ0v) is 12.4. The summed E-state index contributed by atoms with van der Waals surface area (Å²) >= 11 is 0. The van der Waals surface area contributed by atoms with E-state index in [1.807, 2.05) is 0 Å². The fourth-order valence-corrected chi connectivity index (χ4v) is 1.88. The van der Waals surface area contributed by atoms with Gasteiger partial charge in [0.15, 0.2) is 5.82 Å². The van der Waals surface area contributed by atoms with Gasteiger partial charge in [-0.2, -0.15) is 4.98 Å². The molecule has 0 aliphatic rings. The molecule has 2 aromatic rings. The molecule has 1 amide bonds. The molecule has 0 spiro atoms. The first-order valence-corrected chi connectivity index (χ1v) is 6.54. The summed E-state index contributed by atoms with van der Waals surface area (Å²) in [6, 6.07) is 3.59. The highest BCUT2D eigenvalue weighted by Gasteiger charge is 2.27. The highest BCUT2D eigenvalue weighted by Crippen LogP contribution is 2.19. The number of hydrogen-bond donors (Lipinski definition) is 1. The maximum Gasteiger partial charge on any atom is 0.250 e. The first-order chi connectivity index (χ1) is 10.3. The topological polar surface area (TPSA) is 68.0 Å².